The zero-order valence-electron chi connectivity index (χ0n) is 18.6. The van der Waals surface area contributed by atoms with Crippen LogP contribution in [0.2, 0.25) is 0 Å². The number of β-lactam (4-membered cyclic amide) rings is 1. The van der Waals surface area contributed by atoms with Gasteiger partial charge in [-0.15, -0.1) is 11.8 Å². The van der Waals surface area contributed by atoms with Gasteiger partial charge in [-0.25, -0.2) is 4.79 Å². The molecule has 1 unspecified atom stereocenters. The van der Waals surface area contributed by atoms with Gasteiger partial charge in [-0.1, -0.05) is 30.3 Å². The first-order valence-corrected chi connectivity index (χ1v) is 10.5. The van der Waals surface area contributed by atoms with Gasteiger partial charge in [-0.05, 0) is 26.3 Å². The molecular formula is C21H24N3NaO6S. The zero-order valence-corrected chi connectivity index (χ0v) is 21.4. The van der Waals surface area contributed by atoms with Gasteiger partial charge in [0.2, 0.25) is 11.8 Å². The van der Waals surface area contributed by atoms with Crippen LogP contribution in [0.25, 0.3) is 0 Å². The summed E-state index contributed by atoms with van der Waals surface area (Å²) < 4.78 is 3.87. The van der Waals surface area contributed by atoms with E-state index in [1.807, 2.05) is 0 Å². The number of ether oxygens (including phenoxy) is 1. The van der Waals surface area contributed by atoms with E-state index in [1.165, 1.54) is 29.8 Å². The number of methoxy groups -OCH3 is 1. The molecule has 166 valence electrons. The van der Waals surface area contributed by atoms with Gasteiger partial charge in [-0.2, -0.15) is 0 Å². The quantitative estimate of drug-likeness (QED) is 0.184. The second-order valence-corrected chi connectivity index (χ2v) is 9.67. The average Bonchev–Trinajstić information content (AvgIpc) is 2.98. The van der Waals surface area contributed by atoms with Crippen molar-refractivity contribution in [1.82, 2.24) is 15.5 Å². The number of aliphatic carboxylic acids is 1. The van der Waals surface area contributed by atoms with Crippen LogP contribution in [-0.4, -0.2) is 58.0 Å². The molecule has 0 aliphatic carbocycles. The fourth-order valence-corrected chi connectivity index (χ4v) is 5.43. The van der Waals surface area contributed by atoms with Gasteiger partial charge >= 0.3 is 35.5 Å². The molecule has 3 rings (SSSR count). The summed E-state index contributed by atoms with van der Waals surface area (Å²) in [7, 11) is 1.25. The summed E-state index contributed by atoms with van der Waals surface area (Å²) in [5.74, 6) is -2.82. The van der Waals surface area contributed by atoms with Gasteiger partial charge in [0.05, 0.1) is 19.1 Å². The number of benzene rings is 1. The molecule has 1 aromatic carbocycles. The second-order valence-electron chi connectivity index (χ2n) is 7.90. The SMILES string of the molecule is COC(=O)/C=C(\C)NC(C(=O)N[C@@H]1C(=O)N2[C@@H]1SC(C)(C)[C@@H]2C(=O)[O-])c1ccccc1.[Na+]. The van der Waals surface area contributed by atoms with Crippen molar-refractivity contribution < 1.29 is 58.6 Å². The van der Waals surface area contributed by atoms with Gasteiger partial charge in [0.15, 0.2) is 0 Å². The molecule has 2 fully saturated rings. The molecule has 0 bridgehead atoms. The summed E-state index contributed by atoms with van der Waals surface area (Å²) in [6.07, 6.45) is 1.22. The number of esters is 1. The van der Waals surface area contributed by atoms with E-state index in [0.29, 0.717) is 11.3 Å². The third-order valence-electron chi connectivity index (χ3n) is 5.26. The molecule has 0 saturated carbocycles. The van der Waals surface area contributed by atoms with Crippen LogP contribution in [0.4, 0.5) is 0 Å². The molecule has 2 aliphatic rings. The number of carbonyl (C=O) groups is 4. The number of carboxylic acids is 1. The fourth-order valence-electron chi connectivity index (χ4n) is 3.81. The summed E-state index contributed by atoms with van der Waals surface area (Å²) in [5, 5.41) is 16.8. The molecular weight excluding hydrogens is 445 g/mol. The minimum Gasteiger partial charge on any atom is -0.548 e. The number of fused-ring (bicyclic) bond motifs is 1. The van der Waals surface area contributed by atoms with Crippen molar-refractivity contribution in [1.29, 1.82) is 0 Å². The molecule has 9 nitrogen and oxygen atoms in total. The largest absolute Gasteiger partial charge is 1.00 e. The monoisotopic (exact) mass is 469 g/mol. The first-order valence-electron chi connectivity index (χ1n) is 9.65. The van der Waals surface area contributed by atoms with Crippen molar-refractivity contribution in [3.8, 4) is 0 Å². The van der Waals surface area contributed by atoms with Crippen LogP contribution in [0.3, 0.4) is 0 Å². The number of carboxylic acid groups (broad SMARTS) is 1. The van der Waals surface area contributed by atoms with Crippen LogP contribution >= 0.6 is 11.8 Å². The van der Waals surface area contributed by atoms with E-state index < -0.39 is 52.0 Å². The predicted molar refractivity (Wildman–Crippen MR) is 111 cm³/mol. The van der Waals surface area contributed by atoms with Crippen LogP contribution < -0.4 is 45.3 Å². The number of hydrogen-bond donors (Lipinski definition) is 2. The third kappa shape index (κ3) is 5.14. The number of carbonyl (C=O) groups excluding carboxylic acids is 4. The van der Waals surface area contributed by atoms with Crippen molar-refractivity contribution in [2.75, 3.05) is 7.11 Å². The number of allylic oxidation sites excluding steroid dienone is 1. The van der Waals surface area contributed by atoms with E-state index in [2.05, 4.69) is 15.4 Å². The molecule has 2 aliphatic heterocycles. The maximum Gasteiger partial charge on any atom is 1.00 e. The van der Waals surface area contributed by atoms with E-state index in [4.69, 9.17) is 0 Å². The van der Waals surface area contributed by atoms with E-state index in [1.54, 1.807) is 51.1 Å². The third-order valence-corrected chi connectivity index (χ3v) is 6.84. The van der Waals surface area contributed by atoms with E-state index in [0.717, 1.165) is 0 Å². The number of nitrogens with zero attached hydrogens (tertiary/aromatic N) is 1. The Kier molecular flexibility index (Phi) is 8.44. The Morgan fingerprint density at radius 3 is 2.44 bits per heavy atom. The molecule has 0 spiro atoms. The Morgan fingerprint density at radius 1 is 1.25 bits per heavy atom. The van der Waals surface area contributed by atoms with Crippen LogP contribution in [-0.2, 0) is 23.9 Å². The Labute approximate surface area is 212 Å². The van der Waals surface area contributed by atoms with Crippen molar-refractivity contribution in [2.45, 2.75) is 49.0 Å². The molecule has 11 heteroatoms. The van der Waals surface area contributed by atoms with Crippen molar-refractivity contribution in [3.63, 3.8) is 0 Å². The number of thioether (sulfide) groups is 1. The summed E-state index contributed by atoms with van der Waals surface area (Å²) >= 11 is 1.32. The Bertz CT molecular complexity index is 939. The topological polar surface area (TPSA) is 128 Å². The smallest absolute Gasteiger partial charge is 0.548 e. The number of amides is 2. The predicted octanol–water partition coefficient (Wildman–Crippen LogP) is -3.30. The van der Waals surface area contributed by atoms with Crippen LogP contribution in [0, 0.1) is 0 Å². The molecule has 2 amide bonds. The van der Waals surface area contributed by atoms with Crippen molar-refractivity contribution >= 4 is 35.5 Å². The van der Waals surface area contributed by atoms with E-state index in [9.17, 15) is 24.3 Å². The standard InChI is InChI=1S/C21H25N3O6S.Na/c1-11(10-13(25)30-4)22-14(12-8-6-5-7-9-12)17(26)23-15-18(27)24-16(20(28)29)21(2,3)31-19(15)24;/h5-10,14-16,19,22H,1-4H3,(H,23,26)(H,28,29);/q;+1/p-1/b11-10+;/t14?,15-,16+,19-;/m1./s1. The normalized spacial score (nSPS) is 24.4. The van der Waals surface area contributed by atoms with E-state index >= 15 is 0 Å². The molecule has 4 atom stereocenters. The number of hydrogen-bond acceptors (Lipinski definition) is 8. The zero-order chi connectivity index (χ0) is 22.9. The summed E-state index contributed by atoms with van der Waals surface area (Å²) in [5.41, 5.74) is 1.04. The van der Waals surface area contributed by atoms with Gasteiger partial charge in [-0.3, -0.25) is 9.59 Å². The maximum absolute atomic E-state index is 13.1. The molecule has 32 heavy (non-hydrogen) atoms. The van der Waals surface area contributed by atoms with Crippen LogP contribution in [0.5, 0.6) is 0 Å². The van der Waals surface area contributed by atoms with Crippen LogP contribution in [0.1, 0.15) is 32.4 Å². The molecule has 0 aromatic heterocycles. The number of nitrogens with one attached hydrogen (secondary N) is 2. The van der Waals surface area contributed by atoms with Crippen molar-refractivity contribution in [2.24, 2.45) is 0 Å². The number of rotatable bonds is 7. The molecule has 2 saturated heterocycles. The van der Waals surface area contributed by atoms with E-state index in [-0.39, 0.29) is 29.6 Å². The maximum atomic E-state index is 13.1. The fraction of sp³-hybridized carbons (Fsp3) is 0.429. The average molecular weight is 469 g/mol. The first-order chi connectivity index (χ1) is 14.6. The molecule has 2 N–H and O–H groups in total. The molecule has 2 heterocycles. The van der Waals surface area contributed by atoms with Crippen LogP contribution in [0.15, 0.2) is 42.1 Å². The van der Waals surface area contributed by atoms with Gasteiger partial charge in [0, 0.05) is 16.5 Å². The summed E-state index contributed by atoms with van der Waals surface area (Å²) in [6, 6.07) is 6.06. The van der Waals surface area contributed by atoms with Gasteiger partial charge in [0.1, 0.15) is 17.5 Å². The minimum absolute atomic E-state index is 0. The Balaban J connectivity index is 0.00000363. The van der Waals surface area contributed by atoms with Gasteiger partial charge in [0.25, 0.3) is 0 Å². The Morgan fingerprint density at radius 2 is 1.88 bits per heavy atom. The summed E-state index contributed by atoms with van der Waals surface area (Å²) in [4.78, 5) is 50.1. The van der Waals surface area contributed by atoms with Crippen molar-refractivity contribution in [3.05, 3.63) is 47.7 Å². The molecule has 1 aromatic rings. The first kappa shape index (κ1) is 26.2. The Hall–Kier alpha value is -2.01. The molecule has 0 radical (unpaired) electrons. The second kappa shape index (κ2) is 10.3. The van der Waals surface area contributed by atoms with Gasteiger partial charge < -0.3 is 30.2 Å². The summed E-state index contributed by atoms with van der Waals surface area (Å²) in [6.45, 7) is 5.09. The minimum atomic E-state index is -1.31.